The highest BCUT2D eigenvalue weighted by Crippen LogP contribution is 2.31. The van der Waals surface area contributed by atoms with E-state index in [1.165, 1.54) is 17.7 Å². The number of nitrogens with zero attached hydrogens (tertiary/aromatic N) is 9. The molecule has 1 saturated carbocycles. The first-order valence-electron chi connectivity index (χ1n) is 23.0. The van der Waals surface area contributed by atoms with E-state index < -0.39 is 12.1 Å². The van der Waals surface area contributed by atoms with E-state index in [1.54, 1.807) is 19.9 Å². The Morgan fingerprint density at radius 1 is 0.671 bits per heavy atom. The Labute approximate surface area is 460 Å². The average molecular weight is 1090 g/mol. The molecule has 1 heterocycles. The van der Waals surface area contributed by atoms with E-state index in [0.717, 1.165) is 125 Å². The molecule has 1 aromatic heterocycles. The van der Waals surface area contributed by atoms with Gasteiger partial charge in [-0.1, -0.05) is 98.5 Å². The Balaban J connectivity index is -0.000000150. The maximum atomic E-state index is 11.3. The first-order chi connectivity index (χ1) is 32.9. The number of Topliss-reactive ketones (excluding diaryl/α,β-unsaturated/α-hetero) is 1. The number of esters is 3. The number of carbonyl (C=O) groups is 6. The molecule has 0 radical (unpaired) electrons. The number of ether oxygens (including phenoxy) is 3. The van der Waals surface area contributed by atoms with E-state index in [2.05, 4.69) is 35.1 Å². The molecule has 0 saturated heterocycles. The number of aryl methyl sites for hydroxylation is 2. The average Bonchev–Trinajstić information content (AvgIpc) is 4.18. The maximum Gasteiger partial charge on any atom is 0.354 e. The molecule has 6 aliphatic rings. The summed E-state index contributed by atoms with van der Waals surface area (Å²) >= 11 is 5.63. The number of H-pyrrole nitrogens is 1. The summed E-state index contributed by atoms with van der Waals surface area (Å²) in [6.07, 6.45) is 21.0. The van der Waals surface area contributed by atoms with Gasteiger partial charge in [0.1, 0.15) is 24.0 Å². The molecule has 1 unspecified atom stereocenters. The fourth-order valence-corrected chi connectivity index (χ4v) is 7.89. The predicted octanol–water partition coefficient (Wildman–Crippen LogP) is 16.6. The van der Waals surface area contributed by atoms with Gasteiger partial charge in [-0.05, 0) is 168 Å². The minimum atomic E-state index is -0.887. The second-order valence-electron chi connectivity index (χ2n) is 15.6. The summed E-state index contributed by atoms with van der Waals surface area (Å²) < 4.78 is 14.4. The summed E-state index contributed by atoms with van der Waals surface area (Å²) in [5, 5.41) is 21.0. The number of halogens is 1. The fraction of sp³-hybridized carbons (Fsp3) is 0.636. The van der Waals surface area contributed by atoms with Gasteiger partial charge in [0.15, 0.2) is 0 Å². The van der Waals surface area contributed by atoms with Gasteiger partial charge in [0, 0.05) is 61.0 Å². The number of aromatic nitrogens is 1. The van der Waals surface area contributed by atoms with Gasteiger partial charge in [0.2, 0.25) is 0 Å². The second kappa shape index (κ2) is 49.5. The topological polar surface area (TPSA) is 312 Å². The number of allylic oxidation sites excluding steroid dienone is 7. The van der Waals surface area contributed by atoms with E-state index in [4.69, 9.17) is 42.4 Å². The maximum absolute atomic E-state index is 11.3. The van der Waals surface area contributed by atoms with Crippen molar-refractivity contribution in [2.75, 3.05) is 19.8 Å². The molecule has 76 heavy (non-hydrogen) atoms. The van der Waals surface area contributed by atoms with Crippen LogP contribution in [0.15, 0.2) is 78.0 Å². The fourth-order valence-electron chi connectivity index (χ4n) is 7.62. The van der Waals surface area contributed by atoms with Gasteiger partial charge < -0.3 is 24.3 Å². The van der Waals surface area contributed by atoms with Gasteiger partial charge in [-0.2, -0.15) is 0 Å². The molecule has 1 fully saturated rings. The number of ketones is 1. The zero-order valence-corrected chi connectivity index (χ0v) is 40.0. The highest BCUT2D eigenvalue weighted by molar-refractivity contribution is 6.31. The molecule has 2 N–H and O–H groups in total. The van der Waals surface area contributed by atoms with Crippen molar-refractivity contribution >= 4 is 47.9 Å². The molecule has 0 amide bonds. The third kappa shape index (κ3) is 31.5. The molecule has 21 heteroatoms. The van der Waals surface area contributed by atoms with E-state index in [-0.39, 0.29) is 84.2 Å². The molecular weight excluding hydrogens is 996 g/mol. The molecule has 0 aliphatic heterocycles. The molecule has 0 aromatic carbocycles. The van der Waals surface area contributed by atoms with Crippen LogP contribution in [0.1, 0.15) is 218 Å². The van der Waals surface area contributed by atoms with Crippen molar-refractivity contribution in [3.8, 4) is 0 Å². The Kier molecular flexibility index (Phi) is 54.4. The highest BCUT2D eigenvalue weighted by atomic mass is 35.5. The number of fused-ring (bicyclic) bond motifs is 1. The number of nitrogens with one attached hydrogen (secondary N) is 1. The Hall–Kier alpha value is -6.42. The first kappa shape index (κ1) is 83.6. The number of rotatable bonds is 14. The van der Waals surface area contributed by atoms with Crippen molar-refractivity contribution in [3.63, 3.8) is 0 Å². The van der Waals surface area contributed by atoms with Gasteiger partial charge in [-0.3, -0.25) is 24.0 Å². The molecule has 432 valence electrons. The number of aromatic amines is 1. The largest absolute Gasteiger partial charge is 0.466 e. The standard InChI is InChI=1S/C10H15N3O3.C10H13N3O2.C10H13NO2.C6H7ClO.C6H7N3O.C5H8O.8CH4/c1-2-16-10(15)6-9(14)7-4-3-5-8(7)12-13-11;1-2-15-10(14)7-6-8-4-3-5-9(8)12-13-11;1-2-13-10(12)9-6-7-4-3-5-8(7)11-9;7-6-3-1-2-5(6)4-8;7-9-8-6-3-1-2-5(6)4-10;6-5-3-1-2-4-5;;;;;;;;/h9,14H,2-6H2,1H3;5-6H,2-4,7H2,1H3;6,11H,2-5H2,1H3;4H,1-3H2;4H,1-3H2;1-4H2;8*1H4/b;8-6-;;;;;;;;;;;;. The van der Waals surface area contributed by atoms with Crippen LogP contribution in [0.3, 0.4) is 0 Å². The lowest BCUT2D eigenvalue weighted by atomic mass is 10.1. The normalized spacial score (nSPS) is 15.4. The van der Waals surface area contributed by atoms with E-state index in [0.29, 0.717) is 72.4 Å². The number of aldehydes is 2. The minimum absolute atomic E-state index is 0. The van der Waals surface area contributed by atoms with Crippen molar-refractivity contribution in [2.24, 2.45) is 15.3 Å². The number of azide groups is 3. The van der Waals surface area contributed by atoms with Crippen LogP contribution in [-0.2, 0) is 51.0 Å². The zero-order valence-electron chi connectivity index (χ0n) is 39.3. The molecule has 20 nitrogen and oxygen atoms in total. The summed E-state index contributed by atoms with van der Waals surface area (Å²) in [4.78, 5) is 75.3. The number of aliphatic hydroxyl groups is 1. The summed E-state index contributed by atoms with van der Waals surface area (Å²) in [5.74, 6) is -0.473. The van der Waals surface area contributed by atoms with E-state index >= 15 is 0 Å². The van der Waals surface area contributed by atoms with Crippen LogP contribution < -0.4 is 0 Å². The monoisotopic (exact) mass is 1090 g/mol. The van der Waals surface area contributed by atoms with Crippen LogP contribution in [0.5, 0.6) is 0 Å². The van der Waals surface area contributed by atoms with Crippen molar-refractivity contribution in [1.29, 1.82) is 0 Å². The van der Waals surface area contributed by atoms with Crippen molar-refractivity contribution < 1.29 is 48.1 Å². The number of hydrogen-bond acceptors (Lipinski definition) is 13. The van der Waals surface area contributed by atoms with Crippen LogP contribution in [0, 0.1) is 0 Å². The van der Waals surface area contributed by atoms with Crippen LogP contribution in [0.25, 0.3) is 31.3 Å². The molecule has 0 spiro atoms. The third-order valence-electron chi connectivity index (χ3n) is 10.9. The van der Waals surface area contributed by atoms with Crippen LogP contribution >= 0.6 is 11.6 Å². The van der Waals surface area contributed by atoms with Crippen molar-refractivity contribution in [3.05, 3.63) is 111 Å². The SMILES string of the molecule is C.C.C.C.C.C.C.C.CCOC(=O)C/C=C1/CCC=C1N=[N+]=[N-].CCOC(=O)CC(O)C1=C(N=[N+]=[N-])CCC1.CCOC(=O)c1cc2c([nH]1)CCC2.O=C1CCCC1.O=CC1=C(Cl)CCC1.[N-]=[N+]=NC1=C(C=O)CCC1. The summed E-state index contributed by atoms with van der Waals surface area (Å²) in [6, 6.07) is 1.92. The Bertz CT molecular complexity index is 2200. The number of aliphatic hydroxyl groups excluding tert-OH is 1. The van der Waals surface area contributed by atoms with Crippen molar-refractivity contribution in [2.45, 2.75) is 215 Å². The third-order valence-corrected chi connectivity index (χ3v) is 11.3. The van der Waals surface area contributed by atoms with Crippen LogP contribution in [-0.4, -0.2) is 72.3 Å². The second-order valence-corrected chi connectivity index (χ2v) is 16.1. The van der Waals surface area contributed by atoms with Gasteiger partial charge >= 0.3 is 17.9 Å². The van der Waals surface area contributed by atoms with Crippen LogP contribution in [0.4, 0.5) is 0 Å². The first-order valence-corrected chi connectivity index (χ1v) is 23.4. The van der Waals surface area contributed by atoms with Gasteiger partial charge in [0.05, 0.1) is 38.8 Å². The van der Waals surface area contributed by atoms with E-state index in [1.807, 2.05) is 19.1 Å². The van der Waals surface area contributed by atoms with Crippen LogP contribution in [0.2, 0.25) is 0 Å². The number of hydrogen-bond donors (Lipinski definition) is 2. The minimum Gasteiger partial charge on any atom is -0.466 e. The summed E-state index contributed by atoms with van der Waals surface area (Å²) in [6.45, 7) is 6.42. The van der Waals surface area contributed by atoms with Crippen molar-refractivity contribution in [1.82, 2.24) is 4.98 Å². The van der Waals surface area contributed by atoms with E-state index in [9.17, 15) is 33.9 Å². The highest BCUT2D eigenvalue weighted by Gasteiger charge is 2.23. The zero-order chi connectivity index (χ0) is 50.1. The molecule has 0 bridgehead atoms. The lowest BCUT2D eigenvalue weighted by Crippen LogP contribution is -2.17. The summed E-state index contributed by atoms with van der Waals surface area (Å²) in [5.41, 5.74) is 32.7. The quantitative estimate of drug-likeness (QED) is 0.0443. The molecule has 1 aromatic rings. The Morgan fingerprint density at radius 2 is 1.20 bits per heavy atom. The van der Waals surface area contributed by atoms with Gasteiger partial charge in [-0.25, -0.2) is 4.79 Å². The molecular formula is C55H95ClN10O10. The Morgan fingerprint density at radius 3 is 1.70 bits per heavy atom. The lowest BCUT2D eigenvalue weighted by molar-refractivity contribution is -0.145. The summed E-state index contributed by atoms with van der Waals surface area (Å²) in [7, 11) is 0. The smallest absolute Gasteiger partial charge is 0.354 e. The molecule has 6 aliphatic carbocycles. The lowest BCUT2D eigenvalue weighted by Gasteiger charge is -2.12. The predicted molar refractivity (Wildman–Crippen MR) is 308 cm³/mol. The van der Waals surface area contributed by atoms with Gasteiger partial charge in [-0.15, -0.1) is 0 Å². The molecule has 7 rings (SSSR count). The number of carbonyl (C=O) groups excluding carboxylic acids is 6. The molecule has 1 atom stereocenters. The van der Waals surface area contributed by atoms with Gasteiger partial charge in [0.25, 0.3) is 0 Å².